The molecule has 0 fully saturated rings. The van der Waals surface area contributed by atoms with Crippen molar-refractivity contribution in [3.63, 3.8) is 0 Å². The molecule has 2 amide bonds. The molecular formula is C11H22N2O5. The highest BCUT2D eigenvalue weighted by Gasteiger charge is 2.19. The average molecular weight is 262 g/mol. The number of carbonyl (C=O) groups is 2. The summed E-state index contributed by atoms with van der Waals surface area (Å²) in [5.74, 6) is -1.04. The van der Waals surface area contributed by atoms with Crippen molar-refractivity contribution < 1.29 is 24.2 Å². The number of urea groups is 1. The van der Waals surface area contributed by atoms with E-state index in [0.29, 0.717) is 19.4 Å². The molecule has 0 rings (SSSR count). The lowest BCUT2D eigenvalue weighted by atomic mass is 10.2. The number of carboxylic acid groups (broad SMARTS) is 1. The summed E-state index contributed by atoms with van der Waals surface area (Å²) < 4.78 is 9.95. The topological polar surface area (TPSA) is 96.9 Å². The largest absolute Gasteiger partial charge is 0.480 e. The molecule has 7 heteroatoms. The van der Waals surface area contributed by atoms with Gasteiger partial charge in [0, 0.05) is 20.8 Å². The molecule has 0 heterocycles. The van der Waals surface area contributed by atoms with E-state index in [0.717, 1.165) is 0 Å². The normalized spacial score (nSPS) is 13.7. The molecular weight excluding hydrogens is 240 g/mol. The van der Waals surface area contributed by atoms with E-state index in [2.05, 4.69) is 10.6 Å². The summed E-state index contributed by atoms with van der Waals surface area (Å²) in [5, 5.41) is 13.8. The fraction of sp³-hybridized carbons (Fsp3) is 0.818. The molecule has 0 saturated carbocycles. The molecule has 18 heavy (non-hydrogen) atoms. The molecule has 0 bridgehead atoms. The van der Waals surface area contributed by atoms with Gasteiger partial charge < -0.3 is 25.2 Å². The standard InChI is InChI=1S/C11H22N2O5/c1-4-5-9(10(14)15)13-11(16)12-6-8(18-3)7-17-2/h8-9H,4-7H2,1-3H3,(H,14,15)(H2,12,13,16). The molecule has 0 spiro atoms. The molecule has 0 aromatic rings. The monoisotopic (exact) mass is 262 g/mol. The van der Waals surface area contributed by atoms with Gasteiger partial charge in [-0.2, -0.15) is 0 Å². The number of hydrogen-bond donors (Lipinski definition) is 3. The second kappa shape index (κ2) is 9.67. The Bertz CT molecular complexity index is 260. The summed E-state index contributed by atoms with van der Waals surface area (Å²) in [6.07, 6.45) is 0.825. The lowest BCUT2D eigenvalue weighted by Crippen LogP contribution is -2.48. The maximum absolute atomic E-state index is 11.5. The first kappa shape index (κ1) is 16.7. The van der Waals surface area contributed by atoms with E-state index in [4.69, 9.17) is 14.6 Å². The van der Waals surface area contributed by atoms with Crippen LogP contribution in [0.4, 0.5) is 4.79 Å². The summed E-state index contributed by atoms with van der Waals surface area (Å²) in [6.45, 7) is 2.47. The molecule has 106 valence electrons. The van der Waals surface area contributed by atoms with Gasteiger partial charge in [-0.15, -0.1) is 0 Å². The van der Waals surface area contributed by atoms with Crippen LogP contribution in [0, 0.1) is 0 Å². The van der Waals surface area contributed by atoms with E-state index in [9.17, 15) is 9.59 Å². The number of nitrogens with one attached hydrogen (secondary N) is 2. The van der Waals surface area contributed by atoms with Gasteiger partial charge in [0.05, 0.1) is 12.7 Å². The fourth-order valence-corrected chi connectivity index (χ4v) is 1.36. The van der Waals surface area contributed by atoms with Gasteiger partial charge in [0.1, 0.15) is 6.04 Å². The molecule has 0 radical (unpaired) electrons. The maximum Gasteiger partial charge on any atom is 0.326 e. The Labute approximate surface area is 107 Å². The van der Waals surface area contributed by atoms with Crippen molar-refractivity contribution in [2.75, 3.05) is 27.4 Å². The van der Waals surface area contributed by atoms with Crippen molar-refractivity contribution in [2.24, 2.45) is 0 Å². The third-order valence-electron chi connectivity index (χ3n) is 2.36. The van der Waals surface area contributed by atoms with Crippen LogP contribution in [0.15, 0.2) is 0 Å². The molecule has 2 atom stereocenters. The van der Waals surface area contributed by atoms with E-state index >= 15 is 0 Å². The number of carboxylic acids is 1. The van der Waals surface area contributed by atoms with Crippen LogP contribution in [0.2, 0.25) is 0 Å². The Morgan fingerprint density at radius 1 is 1.33 bits per heavy atom. The molecule has 0 aromatic heterocycles. The summed E-state index contributed by atoms with van der Waals surface area (Å²) in [4.78, 5) is 22.3. The first-order valence-electron chi connectivity index (χ1n) is 5.84. The lowest BCUT2D eigenvalue weighted by molar-refractivity contribution is -0.139. The minimum Gasteiger partial charge on any atom is -0.480 e. The number of carbonyl (C=O) groups excluding carboxylic acids is 1. The minimum absolute atomic E-state index is 0.254. The lowest BCUT2D eigenvalue weighted by Gasteiger charge is -2.17. The van der Waals surface area contributed by atoms with Crippen molar-refractivity contribution in [2.45, 2.75) is 31.9 Å². The second-order valence-electron chi connectivity index (χ2n) is 3.85. The van der Waals surface area contributed by atoms with Gasteiger partial charge in [0.15, 0.2) is 0 Å². The van der Waals surface area contributed by atoms with Crippen molar-refractivity contribution in [3.05, 3.63) is 0 Å². The highest BCUT2D eigenvalue weighted by molar-refractivity contribution is 5.82. The molecule has 0 aliphatic rings. The summed E-state index contributed by atoms with van der Waals surface area (Å²) in [5.41, 5.74) is 0. The van der Waals surface area contributed by atoms with Crippen molar-refractivity contribution in [1.29, 1.82) is 0 Å². The number of hydrogen-bond acceptors (Lipinski definition) is 4. The van der Waals surface area contributed by atoms with Crippen LogP contribution in [0.5, 0.6) is 0 Å². The molecule has 2 unspecified atom stereocenters. The zero-order valence-corrected chi connectivity index (χ0v) is 11.1. The van der Waals surface area contributed by atoms with Crippen molar-refractivity contribution in [3.8, 4) is 0 Å². The summed E-state index contributed by atoms with van der Waals surface area (Å²) in [6, 6.07) is -1.38. The van der Waals surface area contributed by atoms with Crippen molar-refractivity contribution >= 4 is 12.0 Å². The molecule has 0 saturated heterocycles. The number of aliphatic carboxylic acids is 1. The van der Waals surface area contributed by atoms with Crippen LogP contribution >= 0.6 is 0 Å². The van der Waals surface area contributed by atoms with Crippen LogP contribution < -0.4 is 10.6 Å². The molecule has 0 aromatic carbocycles. The first-order chi connectivity index (χ1) is 8.54. The Balaban J connectivity index is 4.04. The number of methoxy groups -OCH3 is 2. The molecule has 3 N–H and O–H groups in total. The van der Waals surface area contributed by atoms with Crippen molar-refractivity contribution in [1.82, 2.24) is 10.6 Å². The van der Waals surface area contributed by atoms with Crippen LogP contribution in [0.25, 0.3) is 0 Å². The van der Waals surface area contributed by atoms with E-state index in [-0.39, 0.29) is 12.6 Å². The quantitative estimate of drug-likeness (QED) is 0.551. The van der Waals surface area contributed by atoms with Gasteiger partial charge in [0.2, 0.25) is 0 Å². The number of ether oxygens (including phenoxy) is 2. The highest BCUT2D eigenvalue weighted by atomic mass is 16.5. The van der Waals surface area contributed by atoms with Gasteiger partial charge in [0.25, 0.3) is 0 Å². The third-order valence-corrected chi connectivity index (χ3v) is 2.36. The zero-order valence-electron chi connectivity index (χ0n) is 11.1. The molecule has 0 aliphatic heterocycles. The Hall–Kier alpha value is -1.34. The molecule has 0 aliphatic carbocycles. The fourth-order valence-electron chi connectivity index (χ4n) is 1.36. The smallest absolute Gasteiger partial charge is 0.326 e. The van der Waals surface area contributed by atoms with Gasteiger partial charge in [-0.05, 0) is 6.42 Å². The highest BCUT2D eigenvalue weighted by Crippen LogP contribution is 1.96. The molecule has 7 nitrogen and oxygen atoms in total. The van der Waals surface area contributed by atoms with E-state index in [1.165, 1.54) is 14.2 Å². The Morgan fingerprint density at radius 2 is 2.00 bits per heavy atom. The SMILES string of the molecule is CCCC(NC(=O)NCC(COC)OC)C(=O)O. The predicted molar refractivity (Wildman–Crippen MR) is 65.5 cm³/mol. The zero-order chi connectivity index (χ0) is 14.0. The predicted octanol–water partition coefficient (Wildman–Crippen LogP) is 0.200. The second-order valence-corrected chi connectivity index (χ2v) is 3.85. The minimum atomic E-state index is -1.04. The average Bonchev–Trinajstić information content (AvgIpc) is 2.33. The summed E-state index contributed by atoms with van der Waals surface area (Å²) >= 11 is 0. The maximum atomic E-state index is 11.5. The van der Waals surface area contributed by atoms with Crippen LogP contribution in [0.1, 0.15) is 19.8 Å². The van der Waals surface area contributed by atoms with Gasteiger partial charge in [-0.3, -0.25) is 0 Å². The van der Waals surface area contributed by atoms with Gasteiger partial charge in [-0.25, -0.2) is 9.59 Å². The Kier molecular flexibility index (Phi) is 8.95. The number of amides is 2. The van der Waals surface area contributed by atoms with Gasteiger partial charge in [-0.1, -0.05) is 13.3 Å². The first-order valence-corrected chi connectivity index (χ1v) is 5.84. The van der Waals surface area contributed by atoms with E-state index in [1.807, 2.05) is 6.92 Å². The number of rotatable bonds is 9. The van der Waals surface area contributed by atoms with Crippen LogP contribution in [0.3, 0.4) is 0 Å². The van der Waals surface area contributed by atoms with E-state index < -0.39 is 18.0 Å². The summed E-state index contributed by atoms with van der Waals surface area (Å²) in [7, 11) is 3.05. The van der Waals surface area contributed by atoms with Crippen LogP contribution in [-0.2, 0) is 14.3 Å². The van der Waals surface area contributed by atoms with E-state index in [1.54, 1.807) is 0 Å². The van der Waals surface area contributed by atoms with Gasteiger partial charge >= 0.3 is 12.0 Å². The third kappa shape index (κ3) is 7.08. The Morgan fingerprint density at radius 3 is 2.44 bits per heavy atom. The van der Waals surface area contributed by atoms with Crippen LogP contribution in [-0.4, -0.2) is 56.6 Å².